The van der Waals surface area contributed by atoms with Gasteiger partial charge in [-0.25, -0.2) is 0 Å². The minimum atomic E-state index is -0.418. The number of hydrogen-bond acceptors (Lipinski definition) is 3. The molecule has 0 aromatic rings. The van der Waals surface area contributed by atoms with E-state index in [1.165, 1.54) is 16.7 Å². The summed E-state index contributed by atoms with van der Waals surface area (Å²) in [5.41, 5.74) is 0. The Morgan fingerprint density at radius 3 is 2.92 bits per heavy atom. The Hall–Kier alpha value is -0.510. The average molecular weight is 187 g/mol. The van der Waals surface area contributed by atoms with Crippen molar-refractivity contribution < 1.29 is 4.92 Å². The summed E-state index contributed by atoms with van der Waals surface area (Å²) in [5.74, 6) is 0.592. The standard InChI is InChI=1S/C8H13NO2S/c1-6(2)5-7-3-4-8(12-7)9(10)11/h3,6,8H,4-5H2,1-2H3. The Kier molecular flexibility index (Phi) is 3.14. The van der Waals surface area contributed by atoms with Crippen LogP contribution in [0, 0.1) is 16.0 Å². The molecule has 3 nitrogen and oxygen atoms in total. The van der Waals surface area contributed by atoms with Crippen LogP contribution in [0.4, 0.5) is 0 Å². The molecule has 0 fully saturated rings. The van der Waals surface area contributed by atoms with Crippen molar-refractivity contribution in [2.24, 2.45) is 5.92 Å². The number of nitro groups is 1. The first-order valence-corrected chi connectivity index (χ1v) is 4.96. The molecule has 1 atom stereocenters. The highest BCUT2D eigenvalue weighted by atomic mass is 32.2. The normalized spacial score (nSPS) is 22.9. The van der Waals surface area contributed by atoms with Crippen LogP contribution in [0.2, 0.25) is 0 Å². The van der Waals surface area contributed by atoms with Crippen LogP contribution >= 0.6 is 11.8 Å². The molecule has 12 heavy (non-hydrogen) atoms. The lowest BCUT2D eigenvalue weighted by atomic mass is 10.1. The third-order valence-corrected chi connectivity index (χ3v) is 2.95. The molecule has 1 aliphatic rings. The van der Waals surface area contributed by atoms with Crippen LogP contribution in [-0.2, 0) is 0 Å². The minimum absolute atomic E-state index is 0.200. The van der Waals surface area contributed by atoms with Gasteiger partial charge in [-0.05, 0) is 17.2 Å². The zero-order valence-electron chi connectivity index (χ0n) is 7.32. The minimum Gasteiger partial charge on any atom is -0.263 e. The lowest BCUT2D eigenvalue weighted by molar-refractivity contribution is -0.493. The second-order valence-corrected chi connectivity index (χ2v) is 4.67. The first kappa shape index (κ1) is 9.58. The van der Waals surface area contributed by atoms with Crippen LogP contribution < -0.4 is 0 Å². The molecule has 68 valence electrons. The average Bonchev–Trinajstić information content (AvgIpc) is 2.34. The van der Waals surface area contributed by atoms with Gasteiger partial charge in [0.15, 0.2) is 0 Å². The molecular weight excluding hydrogens is 174 g/mol. The number of nitrogens with zero attached hydrogens (tertiary/aromatic N) is 1. The van der Waals surface area contributed by atoms with Crippen LogP contribution in [-0.4, -0.2) is 10.3 Å². The molecule has 0 aromatic carbocycles. The van der Waals surface area contributed by atoms with Gasteiger partial charge in [0.25, 0.3) is 5.37 Å². The third-order valence-electron chi connectivity index (χ3n) is 1.68. The summed E-state index contributed by atoms with van der Waals surface area (Å²) in [5, 5.41) is 9.97. The largest absolute Gasteiger partial charge is 0.265 e. The Balaban J connectivity index is 2.38. The van der Waals surface area contributed by atoms with Crippen LogP contribution in [0.25, 0.3) is 0 Å². The number of allylic oxidation sites excluding steroid dienone is 1. The van der Waals surface area contributed by atoms with Crippen LogP contribution in [0.15, 0.2) is 11.0 Å². The van der Waals surface area contributed by atoms with Crippen molar-refractivity contribution in [1.82, 2.24) is 0 Å². The van der Waals surface area contributed by atoms with E-state index in [1.807, 2.05) is 6.08 Å². The molecule has 0 bridgehead atoms. The molecule has 0 radical (unpaired) electrons. The van der Waals surface area contributed by atoms with E-state index in [-0.39, 0.29) is 4.92 Å². The highest BCUT2D eigenvalue weighted by Crippen LogP contribution is 2.36. The lowest BCUT2D eigenvalue weighted by Gasteiger charge is -2.04. The molecule has 0 aromatic heterocycles. The summed E-state index contributed by atoms with van der Waals surface area (Å²) in [4.78, 5) is 11.4. The Morgan fingerprint density at radius 1 is 1.83 bits per heavy atom. The predicted octanol–water partition coefficient (Wildman–Crippen LogP) is 2.66. The fourth-order valence-electron chi connectivity index (χ4n) is 1.17. The summed E-state index contributed by atoms with van der Waals surface area (Å²) < 4.78 is 0. The van der Waals surface area contributed by atoms with Gasteiger partial charge in [-0.2, -0.15) is 0 Å². The van der Waals surface area contributed by atoms with Crippen LogP contribution in [0.3, 0.4) is 0 Å². The Bertz CT molecular complexity index is 213. The number of hydrogen-bond donors (Lipinski definition) is 0. The molecule has 4 heteroatoms. The van der Waals surface area contributed by atoms with Gasteiger partial charge in [0.1, 0.15) is 0 Å². The fraction of sp³-hybridized carbons (Fsp3) is 0.750. The summed E-state index contributed by atoms with van der Waals surface area (Å²) in [6.45, 7) is 4.25. The lowest BCUT2D eigenvalue weighted by Crippen LogP contribution is -2.10. The Morgan fingerprint density at radius 2 is 2.50 bits per heavy atom. The van der Waals surface area contributed by atoms with Crippen molar-refractivity contribution in [3.05, 3.63) is 21.1 Å². The van der Waals surface area contributed by atoms with E-state index >= 15 is 0 Å². The zero-order valence-corrected chi connectivity index (χ0v) is 8.13. The van der Waals surface area contributed by atoms with Crippen molar-refractivity contribution in [3.8, 4) is 0 Å². The van der Waals surface area contributed by atoms with Gasteiger partial charge in [-0.15, -0.1) is 0 Å². The van der Waals surface area contributed by atoms with E-state index in [2.05, 4.69) is 13.8 Å². The summed E-state index contributed by atoms with van der Waals surface area (Å²) in [6, 6.07) is 0. The SMILES string of the molecule is CC(C)CC1=CCC([N+](=O)[O-])S1. The summed E-state index contributed by atoms with van der Waals surface area (Å²) in [6.07, 6.45) is 3.58. The van der Waals surface area contributed by atoms with Crippen molar-refractivity contribution in [3.63, 3.8) is 0 Å². The molecule has 0 amide bonds. The van der Waals surface area contributed by atoms with E-state index in [9.17, 15) is 10.1 Å². The molecule has 1 unspecified atom stereocenters. The quantitative estimate of drug-likeness (QED) is 0.504. The molecule has 0 aliphatic carbocycles. The van der Waals surface area contributed by atoms with Crippen LogP contribution in [0.5, 0.6) is 0 Å². The molecule has 0 N–H and O–H groups in total. The maximum Gasteiger partial charge on any atom is 0.265 e. The van der Waals surface area contributed by atoms with E-state index < -0.39 is 5.37 Å². The topological polar surface area (TPSA) is 43.1 Å². The molecule has 0 saturated carbocycles. The second kappa shape index (κ2) is 3.94. The predicted molar refractivity (Wildman–Crippen MR) is 50.5 cm³/mol. The molecule has 1 rings (SSSR count). The van der Waals surface area contributed by atoms with E-state index in [4.69, 9.17) is 0 Å². The van der Waals surface area contributed by atoms with E-state index in [0.717, 1.165) is 6.42 Å². The molecule has 1 aliphatic heterocycles. The first-order valence-electron chi connectivity index (χ1n) is 4.08. The maximum absolute atomic E-state index is 10.4. The second-order valence-electron chi connectivity index (χ2n) is 3.36. The van der Waals surface area contributed by atoms with Gasteiger partial charge < -0.3 is 0 Å². The first-order chi connectivity index (χ1) is 5.59. The molecular formula is C8H13NO2S. The molecule has 0 spiro atoms. The third kappa shape index (κ3) is 2.52. The molecule has 0 saturated heterocycles. The highest BCUT2D eigenvalue weighted by Gasteiger charge is 2.26. The summed E-state index contributed by atoms with van der Waals surface area (Å²) in [7, 11) is 0. The summed E-state index contributed by atoms with van der Waals surface area (Å²) >= 11 is 1.41. The van der Waals surface area contributed by atoms with Crippen molar-refractivity contribution >= 4 is 11.8 Å². The zero-order chi connectivity index (χ0) is 9.14. The highest BCUT2D eigenvalue weighted by molar-refractivity contribution is 8.03. The van der Waals surface area contributed by atoms with Gasteiger partial charge in [0, 0.05) is 11.3 Å². The van der Waals surface area contributed by atoms with Crippen LogP contribution in [0.1, 0.15) is 26.7 Å². The Labute approximate surface area is 76.4 Å². The number of thioether (sulfide) groups is 1. The van der Waals surface area contributed by atoms with Gasteiger partial charge in [0.2, 0.25) is 0 Å². The van der Waals surface area contributed by atoms with Gasteiger partial charge >= 0.3 is 0 Å². The van der Waals surface area contributed by atoms with Gasteiger partial charge in [0.05, 0.1) is 0 Å². The van der Waals surface area contributed by atoms with Gasteiger partial charge in [-0.1, -0.05) is 31.7 Å². The monoisotopic (exact) mass is 187 g/mol. The van der Waals surface area contributed by atoms with Crippen molar-refractivity contribution in [2.75, 3.05) is 0 Å². The van der Waals surface area contributed by atoms with Crippen molar-refractivity contribution in [2.45, 2.75) is 32.1 Å². The molecule has 1 heterocycles. The smallest absolute Gasteiger partial charge is 0.263 e. The van der Waals surface area contributed by atoms with E-state index in [0.29, 0.717) is 12.3 Å². The maximum atomic E-state index is 10.4. The number of rotatable bonds is 3. The van der Waals surface area contributed by atoms with Crippen molar-refractivity contribution in [1.29, 1.82) is 0 Å². The van der Waals surface area contributed by atoms with Gasteiger partial charge in [-0.3, -0.25) is 10.1 Å². The van der Waals surface area contributed by atoms with E-state index in [1.54, 1.807) is 0 Å². The fourth-order valence-corrected chi connectivity index (χ4v) is 2.42.